The van der Waals surface area contributed by atoms with Crippen LogP contribution in [0.4, 0.5) is 11.6 Å². The second-order valence-corrected chi connectivity index (χ2v) is 4.35. The molecule has 1 aromatic heterocycles. The monoisotopic (exact) mass is 270 g/mol. The molecular weight excluding hydrogens is 252 g/mol. The molecule has 0 spiro atoms. The molecule has 1 atom stereocenters. The highest BCUT2D eigenvalue weighted by atomic mass is 16.6. The summed E-state index contributed by atoms with van der Waals surface area (Å²) < 4.78 is 1.54. The predicted molar refractivity (Wildman–Crippen MR) is 69.1 cm³/mol. The average Bonchev–Trinajstić information content (AvgIpc) is 2.61. The van der Waals surface area contributed by atoms with Crippen molar-refractivity contribution in [1.29, 1.82) is 0 Å². The fraction of sp³-hybridized carbons (Fsp3) is 0.636. The maximum absolute atomic E-state index is 11.0. The molecule has 0 aliphatic heterocycles. The van der Waals surface area contributed by atoms with Crippen LogP contribution in [0.25, 0.3) is 0 Å². The molecule has 0 saturated carbocycles. The van der Waals surface area contributed by atoms with Gasteiger partial charge in [-0.2, -0.15) is 0 Å². The summed E-state index contributed by atoms with van der Waals surface area (Å²) in [5.41, 5.74) is 0. The first-order chi connectivity index (χ1) is 8.88. The summed E-state index contributed by atoms with van der Waals surface area (Å²) in [6.07, 6.45) is 1.26. The molecule has 19 heavy (non-hydrogen) atoms. The third kappa shape index (κ3) is 3.43. The average molecular weight is 270 g/mol. The van der Waals surface area contributed by atoms with E-state index in [1.165, 1.54) is 0 Å². The number of nitro groups is 1. The first kappa shape index (κ1) is 14.9. The van der Waals surface area contributed by atoms with E-state index in [0.29, 0.717) is 12.2 Å². The lowest BCUT2D eigenvalue weighted by atomic mass is 10.0. The Kier molecular flexibility index (Phi) is 4.85. The zero-order valence-electron chi connectivity index (χ0n) is 11.2. The SMILES string of the molecule is CCCC(CNc1c([N+](=O)[O-])nc(C)n1C)C(=O)O. The third-order valence-electron chi connectivity index (χ3n) is 2.98. The number of hydrogen-bond donors (Lipinski definition) is 2. The van der Waals surface area contributed by atoms with Gasteiger partial charge in [0.25, 0.3) is 0 Å². The molecule has 0 aliphatic rings. The van der Waals surface area contributed by atoms with E-state index in [1.807, 2.05) is 6.92 Å². The Labute approximate surface area is 110 Å². The van der Waals surface area contributed by atoms with Gasteiger partial charge in [-0.05, 0) is 16.3 Å². The molecule has 0 bridgehead atoms. The van der Waals surface area contributed by atoms with E-state index in [9.17, 15) is 14.9 Å². The molecule has 0 amide bonds. The summed E-state index contributed by atoms with van der Waals surface area (Å²) in [4.78, 5) is 25.1. The van der Waals surface area contributed by atoms with Crippen LogP contribution < -0.4 is 5.32 Å². The summed E-state index contributed by atoms with van der Waals surface area (Å²) in [6, 6.07) is 0. The Morgan fingerprint density at radius 1 is 1.63 bits per heavy atom. The van der Waals surface area contributed by atoms with Gasteiger partial charge in [-0.1, -0.05) is 13.3 Å². The second kappa shape index (κ2) is 6.17. The quantitative estimate of drug-likeness (QED) is 0.574. The van der Waals surface area contributed by atoms with Crippen molar-refractivity contribution in [3.8, 4) is 0 Å². The molecular formula is C11H18N4O4. The molecule has 1 unspecified atom stereocenters. The lowest BCUT2D eigenvalue weighted by molar-refractivity contribution is -0.388. The van der Waals surface area contributed by atoms with Crippen molar-refractivity contribution in [1.82, 2.24) is 9.55 Å². The lowest BCUT2D eigenvalue weighted by Gasteiger charge is -2.13. The van der Waals surface area contributed by atoms with Gasteiger partial charge in [0.15, 0.2) is 0 Å². The van der Waals surface area contributed by atoms with Gasteiger partial charge in [0.1, 0.15) is 0 Å². The number of rotatable bonds is 7. The fourth-order valence-electron chi connectivity index (χ4n) is 1.80. The van der Waals surface area contributed by atoms with Crippen LogP contribution >= 0.6 is 0 Å². The smallest absolute Gasteiger partial charge is 0.406 e. The van der Waals surface area contributed by atoms with Gasteiger partial charge in [-0.25, -0.2) is 0 Å². The molecule has 0 saturated heterocycles. The summed E-state index contributed by atoms with van der Waals surface area (Å²) >= 11 is 0. The summed E-state index contributed by atoms with van der Waals surface area (Å²) in [6.45, 7) is 3.69. The Balaban J connectivity index is 2.87. The van der Waals surface area contributed by atoms with E-state index < -0.39 is 16.8 Å². The van der Waals surface area contributed by atoms with Crippen molar-refractivity contribution in [3.05, 3.63) is 15.9 Å². The van der Waals surface area contributed by atoms with Crippen molar-refractivity contribution in [2.45, 2.75) is 26.7 Å². The highest BCUT2D eigenvalue weighted by Crippen LogP contribution is 2.24. The molecule has 1 rings (SSSR count). The van der Waals surface area contributed by atoms with Gasteiger partial charge in [0, 0.05) is 20.5 Å². The normalized spacial score (nSPS) is 12.2. The summed E-state index contributed by atoms with van der Waals surface area (Å²) in [5.74, 6) is -1.02. The number of imidazole rings is 1. The minimum absolute atomic E-state index is 0.142. The number of nitrogens with zero attached hydrogens (tertiary/aromatic N) is 3. The van der Waals surface area contributed by atoms with Gasteiger partial charge < -0.3 is 20.5 Å². The first-order valence-corrected chi connectivity index (χ1v) is 6.02. The van der Waals surface area contributed by atoms with E-state index in [-0.39, 0.29) is 18.2 Å². The molecule has 8 nitrogen and oxygen atoms in total. The topological polar surface area (TPSA) is 110 Å². The minimum atomic E-state index is -0.907. The molecule has 1 aromatic rings. The van der Waals surface area contributed by atoms with Crippen LogP contribution in [-0.2, 0) is 11.8 Å². The Bertz CT molecular complexity index is 483. The van der Waals surface area contributed by atoms with Gasteiger partial charge in [-0.15, -0.1) is 0 Å². The summed E-state index contributed by atoms with van der Waals surface area (Å²) in [5, 5.41) is 22.7. The van der Waals surface area contributed by atoms with Crippen molar-refractivity contribution < 1.29 is 14.8 Å². The molecule has 0 aromatic carbocycles. The van der Waals surface area contributed by atoms with Crippen LogP contribution in [0, 0.1) is 23.0 Å². The molecule has 106 valence electrons. The van der Waals surface area contributed by atoms with E-state index in [0.717, 1.165) is 6.42 Å². The van der Waals surface area contributed by atoms with Crippen molar-refractivity contribution in [3.63, 3.8) is 0 Å². The zero-order chi connectivity index (χ0) is 14.6. The van der Waals surface area contributed by atoms with Crippen molar-refractivity contribution in [2.75, 3.05) is 11.9 Å². The van der Waals surface area contributed by atoms with Crippen molar-refractivity contribution in [2.24, 2.45) is 13.0 Å². The second-order valence-electron chi connectivity index (χ2n) is 4.35. The molecule has 8 heteroatoms. The number of anilines is 1. The number of aromatic nitrogens is 2. The Morgan fingerprint density at radius 3 is 2.74 bits per heavy atom. The van der Waals surface area contributed by atoms with Gasteiger partial charge >= 0.3 is 11.8 Å². The highest BCUT2D eigenvalue weighted by Gasteiger charge is 2.25. The maximum Gasteiger partial charge on any atom is 0.406 e. The number of hydrogen-bond acceptors (Lipinski definition) is 5. The van der Waals surface area contributed by atoms with Gasteiger partial charge in [-0.3, -0.25) is 9.36 Å². The number of carbonyl (C=O) groups is 1. The third-order valence-corrected chi connectivity index (χ3v) is 2.98. The molecule has 2 N–H and O–H groups in total. The van der Waals surface area contributed by atoms with Gasteiger partial charge in [0.05, 0.1) is 5.92 Å². The minimum Gasteiger partial charge on any atom is -0.481 e. The molecule has 0 aliphatic carbocycles. The van der Waals surface area contributed by atoms with E-state index >= 15 is 0 Å². The molecule has 1 heterocycles. The number of aryl methyl sites for hydroxylation is 1. The molecule has 0 fully saturated rings. The van der Waals surface area contributed by atoms with E-state index in [1.54, 1.807) is 18.5 Å². The predicted octanol–water partition coefficient (Wildman–Crippen LogP) is 1.55. The number of nitrogens with one attached hydrogen (secondary N) is 1. The zero-order valence-corrected chi connectivity index (χ0v) is 11.2. The fourth-order valence-corrected chi connectivity index (χ4v) is 1.80. The van der Waals surface area contributed by atoms with Crippen LogP contribution in [0.1, 0.15) is 25.6 Å². The first-order valence-electron chi connectivity index (χ1n) is 6.02. The van der Waals surface area contributed by atoms with Crippen LogP contribution in [0.3, 0.4) is 0 Å². The van der Waals surface area contributed by atoms with Crippen LogP contribution in [-0.4, -0.2) is 32.1 Å². The van der Waals surface area contributed by atoms with Crippen LogP contribution in [0.2, 0.25) is 0 Å². The standard InChI is InChI=1S/C11H18N4O4/c1-4-5-8(11(16)17)6-12-9-10(15(18)19)13-7(2)14(9)3/h8,12H,4-6H2,1-3H3,(H,16,17). The summed E-state index contributed by atoms with van der Waals surface area (Å²) in [7, 11) is 1.65. The van der Waals surface area contributed by atoms with Crippen molar-refractivity contribution >= 4 is 17.6 Å². The lowest BCUT2D eigenvalue weighted by Crippen LogP contribution is -2.23. The van der Waals surface area contributed by atoms with E-state index in [2.05, 4.69) is 10.3 Å². The number of carboxylic acid groups (broad SMARTS) is 1. The molecule has 0 radical (unpaired) electrons. The highest BCUT2D eigenvalue weighted by molar-refractivity contribution is 5.71. The Morgan fingerprint density at radius 2 is 2.26 bits per heavy atom. The van der Waals surface area contributed by atoms with Gasteiger partial charge in [0.2, 0.25) is 11.6 Å². The van der Waals surface area contributed by atoms with E-state index in [4.69, 9.17) is 5.11 Å². The van der Waals surface area contributed by atoms with Crippen LogP contribution in [0.15, 0.2) is 0 Å². The number of carboxylic acids is 1. The largest absolute Gasteiger partial charge is 0.481 e. The Hall–Kier alpha value is -2.12. The maximum atomic E-state index is 11.0. The van der Waals surface area contributed by atoms with Crippen LogP contribution in [0.5, 0.6) is 0 Å². The number of aliphatic carboxylic acids is 1.